The first-order valence-electron chi connectivity index (χ1n) is 8.64. The van der Waals surface area contributed by atoms with Gasteiger partial charge in [0.25, 0.3) is 0 Å². The molecule has 0 aromatic heterocycles. The number of likely N-dealkylation sites (tertiary alicyclic amines) is 2. The minimum atomic E-state index is 0. The summed E-state index contributed by atoms with van der Waals surface area (Å²) in [5.41, 5.74) is 0. The number of rotatable bonds is 4. The molecule has 0 aromatic carbocycles. The zero-order valence-electron chi connectivity index (χ0n) is 13.9. The molecule has 23 heavy (non-hydrogen) atoms. The van der Waals surface area contributed by atoms with Gasteiger partial charge in [-0.1, -0.05) is 0 Å². The Hall–Kier alpha value is -0.0700. The van der Waals surface area contributed by atoms with Crippen LogP contribution in [0.25, 0.3) is 0 Å². The van der Waals surface area contributed by atoms with E-state index in [1.165, 1.54) is 45.3 Å². The fourth-order valence-electron chi connectivity index (χ4n) is 3.77. The van der Waals surface area contributed by atoms with Gasteiger partial charge in [-0.3, -0.25) is 4.79 Å². The van der Waals surface area contributed by atoms with Crippen molar-refractivity contribution < 1.29 is 9.53 Å². The Morgan fingerprint density at radius 1 is 1.09 bits per heavy atom. The van der Waals surface area contributed by atoms with Crippen LogP contribution in [0.5, 0.6) is 0 Å². The number of piperidine rings is 1. The number of amides is 1. The van der Waals surface area contributed by atoms with Crippen molar-refractivity contribution in [3.63, 3.8) is 0 Å². The molecule has 5 nitrogen and oxygen atoms in total. The predicted molar refractivity (Wildman–Crippen MR) is 96.7 cm³/mol. The van der Waals surface area contributed by atoms with E-state index in [-0.39, 0.29) is 36.8 Å². The van der Waals surface area contributed by atoms with Crippen LogP contribution in [-0.2, 0) is 9.53 Å². The monoisotopic (exact) mass is 367 g/mol. The molecule has 1 N–H and O–H groups in total. The molecule has 1 unspecified atom stereocenters. The molecule has 0 spiro atoms. The van der Waals surface area contributed by atoms with Crippen molar-refractivity contribution in [2.45, 2.75) is 38.2 Å². The van der Waals surface area contributed by atoms with Crippen LogP contribution in [0.3, 0.4) is 0 Å². The lowest BCUT2D eigenvalue weighted by molar-refractivity contribution is -0.136. The third-order valence-electron chi connectivity index (χ3n) is 5.09. The van der Waals surface area contributed by atoms with Crippen LogP contribution in [-0.4, -0.2) is 74.2 Å². The Kier molecular flexibility index (Phi) is 9.78. The minimum absolute atomic E-state index is 0. The first-order valence-corrected chi connectivity index (χ1v) is 8.64. The molecular weight excluding hydrogens is 337 g/mol. The molecule has 1 amide bonds. The highest BCUT2D eigenvalue weighted by atomic mass is 35.5. The van der Waals surface area contributed by atoms with Crippen molar-refractivity contribution >= 4 is 30.7 Å². The second-order valence-electron chi connectivity index (χ2n) is 6.73. The largest absolute Gasteiger partial charge is 0.375 e. The summed E-state index contributed by atoms with van der Waals surface area (Å²) < 4.78 is 5.63. The standard InChI is InChI=1S/C16H29N3O2.2ClH/c20-16(11-15-12-17-5-10-21-15)19-8-3-14(4-9-19)13-18-6-1-2-7-18;;/h14-15,17H,1-13H2;2*1H. The van der Waals surface area contributed by atoms with Crippen molar-refractivity contribution in [1.29, 1.82) is 0 Å². The Morgan fingerprint density at radius 2 is 1.78 bits per heavy atom. The van der Waals surface area contributed by atoms with Gasteiger partial charge in [0.1, 0.15) is 0 Å². The topological polar surface area (TPSA) is 44.8 Å². The van der Waals surface area contributed by atoms with Gasteiger partial charge in [0.2, 0.25) is 5.91 Å². The van der Waals surface area contributed by atoms with E-state index in [0.717, 1.165) is 38.7 Å². The summed E-state index contributed by atoms with van der Waals surface area (Å²) in [4.78, 5) is 17.0. The summed E-state index contributed by atoms with van der Waals surface area (Å²) in [5, 5.41) is 3.29. The van der Waals surface area contributed by atoms with E-state index >= 15 is 0 Å². The van der Waals surface area contributed by atoms with Crippen LogP contribution in [0.2, 0.25) is 0 Å². The molecule has 136 valence electrons. The predicted octanol–water partition coefficient (Wildman–Crippen LogP) is 1.54. The molecule has 3 rings (SSSR count). The summed E-state index contributed by atoms with van der Waals surface area (Å²) in [5.74, 6) is 1.07. The Balaban J connectivity index is 0.00000132. The fourth-order valence-corrected chi connectivity index (χ4v) is 3.77. The average Bonchev–Trinajstić information content (AvgIpc) is 3.02. The van der Waals surface area contributed by atoms with Crippen LogP contribution >= 0.6 is 24.8 Å². The van der Waals surface area contributed by atoms with Crippen molar-refractivity contribution in [2.24, 2.45) is 5.92 Å². The van der Waals surface area contributed by atoms with Gasteiger partial charge in [-0.2, -0.15) is 0 Å². The molecule has 0 bridgehead atoms. The molecule has 3 heterocycles. The lowest BCUT2D eigenvalue weighted by Crippen LogP contribution is -2.45. The lowest BCUT2D eigenvalue weighted by Gasteiger charge is -2.35. The van der Waals surface area contributed by atoms with Crippen molar-refractivity contribution in [1.82, 2.24) is 15.1 Å². The van der Waals surface area contributed by atoms with Gasteiger partial charge in [0, 0.05) is 32.7 Å². The summed E-state index contributed by atoms with van der Waals surface area (Å²) in [7, 11) is 0. The second kappa shape index (κ2) is 10.7. The van der Waals surface area contributed by atoms with Crippen molar-refractivity contribution in [3.05, 3.63) is 0 Å². The number of carbonyl (C=O) groups excluding carboxylic acids is 1. The molecule has 0 saturated carbocycles. The number of halogens is 2. The molecule has 7 heteroatoms. The first-order chi connectivity index (χ1) is 10.3. The normalized spacial score (nSPS) is 26.4. The van der Waals surface area contributed by atoms with E-state index in [1.807, 2.05) is 0 Å². The molecular formula is C16H31Cl2N3O2. The summed E-state index contributed by atoms with van der Waals surface area (Å²) in [6, 6.07) is 0. The molecule has 3 saturated heterocycles. The lowest BCUT2D eigenvalue weighted by atomic mass is 9.96. The maximum Gasteiger partial charge on any atom is 0.225 e. The average molecular weight is 368 g/mol. The third kappa shape index (κ3) is 6.39. The van der Waals surface area contributed by atoms with Gasteiger partial charge >= 0.3 is 0 Å². The number of hydrogen-bond acceptors (Lipinski definition) is 4. The Labute approximate surface area is 152 Å². The first kappa shape index (κ1) is 21.0. The van der Waals surface area contributed by atoms with Crippen LogP contribution in [0.4, 0.5) is 0 Å². The van der Waals surface area contributed by atoms with E-state index < -0.39 is 0 Å². The van der Waals surface area contributed by atoms with E-state index in [2.05, 4.69) is 15.1 Å². The smallest absolute Gasteiger partial charge is 0.225 e. The molecule has 0 aliphatic carbocycles. The molecule has 0 aromatic rings. The minimum Gasteiger partial charge on any atom is -0.375 e. The number of nitrogens with one attached hydrogen (secondary N) is 1. The number of morpholine rings is 1. The van der Waals surface area contributed by atoms with Crippen LogP contribution in [0, 0.1) is 5.92 Å². The fraction of sp³-hybridized carbons (Fsp3) is 0.938. The van der Waals surface area contributed by atoms with Gasteiger partial charge in [0.15, 0.2) is 0 Å². The van der Waals surface area contributed by atoms with Crippen LogP contribution < -0.4 is 5.32 Å². The summed E-state index contributed by atoms with van der Waals surface area (Å²) in [6.45, 7) is 8.16. The number of hydrogen-bond donors (Lipinski definition) is 1. The number of nitrogens with zero attached hydrogens (tertiary/aromatic N) is 2. The summed E-state index contributed by atoms with van der Waals surface area (Å²) >= 11 is 0. The van der Waals surface area contributed by atoms with Crippen molar-refractivity contribution in [2.75, 3.05) is 52.4 Å². The zero-order valence-corrected chi connectivity index (χ0v) is 15.5. The SMILES string of the molecule is Cl.Cl.O=C(CC1CNCCO1)N1CCC(CN2CCCC2)CC1. The van der Waals surface area contributed by atoms with Gasteiger partial charge in [-0.15, -0.1) is 24.8 Å². The van der Waals surface area contributed by atoms with Gasteiger partial charge in [-0.25, -0.2) is 0 Å². The van der Waals surface area contributed by atoms with E-state index in [9.17, 15) is 4.79 Å². The van der Waals surface area contributed by atoms with E-state index in [0.29, 0.717) is 6.42 Å². The van der Waals surface area contributed by atoms with Gasteiger partial charge in [-0.05, 0) is 44.7 Å². The Morgan fingerprint density at radius 3 is 2.39 bits per heavy atom. The molecule has 1 atom stereocenters. The summed E-state index contributed by atoms with van der Waals surface area (Å²) in [6.07, 6.45) is 5.70. The second-order valence-corrected chi connectivity index (χ2v) is 6.73. The molecule has 3 aliphatic rings. The maximum absolute atomic E-state index is 12.3. The number of carbonyl (C=O) groups is 1. The highest BCUT2D eigenvalue weighted by Crippen LogP contribution is 2.21. The molecule has 3 aliphatic heterocycles. The zero-order chi connectivity index (χ0) is 14.5. The highest BCUT2D eigenvalue weighted by Gasteiger charge is 2.27. The van der Waals surface area contributed by atoms with E-state index in [1.54, 1.807) is 0 Å². The highest BCUT2D eigenvalue weighted by molar-refractivity contribution is 5.85. The third-order valence-corrected chi connectivity index (χ3v) is 5.09. The van der Waals surface area contributed by atoms with E-state index in [4.69, 9.17) is 4.74 Å². The molecule has 0 radical (unpaired) electrons. The number of ether oxygens (including phenoxy) is 1. The van der Waals surface area contributed by atoms with Gasteiger partial charge < -0.3 is 19.9 Å². The van der Waals surface area contributed by atoms with Gasteiger partial charge in [0.05, 0.1) is 19.1 Å². The quantitative estimate of drug-likeness (QED) is 0.818. The molecule has 3 fully saturated rings. The van der Waals surface area contributed by atoms with Crippen LogP contribution in [0.15, 0.2) is 0 Å². The van der Waals surface area contributed by atoms with Crippen molar-refractivity contribution in [3.8, 4) is 0 Å². The maximum atomic E-state index is 12.3. The van der Waals surface area contributed by atoms with Crippen LogP contribution in [0.1, 0.15) is 32.1 Å². The Bertz CT molecular complexity index is 340.